The highest BCUT2D eigenvalue weighted by Gasteiger charge is 2.19. The number of halogens is 2. The number of urea groups is 1. The minimum absolute atomic E-state index is 0.0150. The smallest absolute Gasteiger partial charge is 0.319 e. The molecule has 9 heteroatoms. The first-order valence-corrected chi connectivity index (χ1v) is 10.4. The van der Waals surface area contributed by atoms with Crippen LogP contribution < -0.4 is 16.0 Å². The molecule has 1 heterocycles. The molecule has 2 aromatic carbocycles. The zero-order chi connectivity index (χ0) is 21.5. The van der Waals surface area contributed by atoms with Crippen LogP contribution >= 0.6 is 23.2 Å². The number of anilines is 1. The summed E-state index contributed by atoms with van der Waals surface area (Å²) in [5.41, 5.74) is 1.57. The van der Waals surface area contributed by atoms with Crippen LogP contribution in [0.25, 0.3) is 0 Å². The van der Waals surface area contributed by atoms with E-state index in [1.165, 1.54) is 6.07 Å². The second-order valence-electron chi connectivity index (χ2n) is 6.84. The van der Waals surface area contributed by atoms with Crippen LogP contribution in [-0.2, 0) is 0 Å². The Kier molecular flexibility index (Phi) is 7.54. The second kappa shape index (κ2) is 10.3. The van der Waals surface area contributed by atoms with Crippen LogP contribution in [0.3, 0.4) is 0 Å². The van der Waals surface area contributed by atoms with Gasteiger partial charge in [-0.3, -0.25) is 9.59 Å². The Morgan fingerprint density at radius 3 is 2.13 bits per heavy atom. The number of benzene rings is 2. The molecule has 1 aliphatic rings. The number of likely N-dealkylation sites (tertiary alicyclic amines) is 1. The average molecular weight is 449 g/mol. The van der Waals surface area contributed by atoms with Crippen LogP contribution in [0.15, 0.2) is 42.5 Å². The van der Waals surface area contributed by atoms with Crippen molar-refractivity contribution in [2.75, 3.05) is 31.5 Å². The van der Waals surface area contributed by atoms with E-state index in [0.717, 1.165) is 25.9 Å². The van der Waals surface area contributed by atoms with Crippen LogP contribution in [0.5, 0.6) is 0 Å². The van der Waals surface area contributed by atoms with Crippen molar-refractivity contribution in [3.63, 3.8) is 0 Å². The Hall–Kier alpha value is -2.77. The lowest BCUT2D eigenvalue weighted by Gasteiger charge is -2.15. The van der Waals surface area contributed by atoms with Gasteiger partial charge in [-0.15, -0.1) is 0 Å². The topological polar surface area (TPSA) is 90.5 Å². The molecule has 3 rings (SSSR count). The fourth-order valence-corrected chi connectivity index (χ4v) is 3.36. The highest BCUT2D eigenvalue weighted by Crippen LogP contribution is 2.22. The van der Waals surface area contributed by atoms with Gasteiger partial charge in [0.2, 0.25) is 0 Å². The standard InChI is InChI=1S/C21H22Cl2N4O3/c22-17-8-5-15(13-18(17)23)19(28)24-9-10-25-21(30)26-16-6-3-14(4-7-16)20(29)27-11-1-2-12-27/h3-8,13H,1-2,9-12H2,(H,24,28)(H2,25,26,30). The van der Waals surface area contributed by atoms with Gasteiger partial charge in [-0.2, -0.15) is 0 Å². The predicted octanol–water partition coefficient (Wildman–Crippen LogP) is 3.78. The fraction of sp³-hybridized carbons (Fsp3) is 0.286. The van der Waals surface area contributed by atoms with Crippen molar-refractivity contribution in [2.45, 2.75) is 12.8 Å². The normalized spacial score (nSPS) is 13.1. The molecule has 0 spiro atoms. The Balaban J connectivity index is 1.39. The Labute approximate surface area is 184 Å². The van der Waals surface area contributed by atoms with Gasteiger partial charge in [0.15, 0.2) is 0 Å². The zero-order valence-electron chi connectivity index (χ0n) is 16.2. The fourth-order valence-electron chi connectivity index (χ4n) is 3.07. The van der Waals surface area contributed by atoms with E-state index in [4.69, 9.17) is 23.2 Å². The Bertz CT molecular complexity index is 928. The lowest BCUT2D eigenvalue weighted by atomic mass is 10.2. The molecule has 4 amide bonds. The van der Waals surface area contributed by atoms with Crippen molar-refractivity contribution in [2.24, 2.45) is 0 Å². The SMILES string of the molecule is O=C(NCCNC(=O)c1ccc(Cl)c(Cl)c1)Nc1ccc(C(=O)N2CCCC2)cc1. The number of carbonyl (C=O) groups excluding carboxylic acids is 3. The molecule has 0 radical (unpaired) electrons. The first kappa shape index (κ1) is 21.9. The summed E-state index contributed by atoms with van der Waals surface area (Å²) in [6.45, 7) is 2.08. The Morgan fingerprint density at radius 1 is 0.833 bits per heavy atom. The maximum absolute atomic E-state index is 12.3. The first-order chi connectivity index (χ1) is 14.4. The molecule has 0 saturated carbocycles. The lowest BCUT2D eigenvalue weighted by molar-refractivity contribution is 0.0792. The average Bonchev–Trinajstić information content (AvgIpc) is 3.28. The number of hydrogen-bond donors (Lipinski definition) is 3. The molecule has 3 N–H and O–H groups in total. The van der Waals surface area contributed by atoms with E-state index in [0.29, 0.717) is 26.9 Å². The number of nitrogens with zero attached hydrogens (tertiary/aromatic N) is 1. The summed E-state index contributed by atoms with van der Waals surface area (Å²) in [6, 6.07) is 11.0. The largest absolute Gasteiger partial charge is 0.350 e. The minimum atomic E-state index is -0.405. The van der Waals surface area contributed by atoms with Crippen molar-refractivity contribution >= 4 is 46.7 Å². The number of amides is 4. The van der Waals surface area contributed by atoms with E-state index in [1.807, 2.05) is 4.90 Å². The van der Waals surface area contributed by atoms with Crippen molar-refractivity contribution in [3.8, 4) is 0 Å². The molecule has 0 atom stereocenters. The third kappa shape index (κ3) is 5.87. The monoisotopic (exact) mass is 448 g/mol. The molecule has 7 nitrogen and oxygen atoms in total. The van der Waals surface area contributed by atoms with Crippen molar-refractivity contribution < 1.29 is 14.4 Å². The number of nitrogens with one attached hydrogen (secondary N) is 3. The summed E-state index contributed by atoms with van der Waals surface area (Å²) in [4.78, 5) is 38.2. The maximum Gasteiger partial charge on any atom is 0.319 e. The summed E-state index contributed by atoms with van der Waals surface area (Å²) >= 11 is 11.7. The van der Waals surface area contributed by atoms with Gasteiger partial charge >= 0.3 is 6.03 Å². The van der Waals surface area contributed by atoms with Gasteiger partial charge in [0.25, 0.3) is 11.8 Å². The quantitative estimate of drug-likeness (QED) is 0.587. The predicted molar refractivity (Wildman–Crippen MR) is 117 cm³/mol. The molecule has 0 aromatic heterocycles. The molecule has 0 unspecified atom stereocenters. The van der Waals surface area contributed by atoms with Gasteiger partial charge in [-0.1, -0.05) is 23.2 Å². The van der Waals surface area contributed by atoms with Gasteiger partial charge in [0, 0.05) is 43.0 Å². The summed E-state index contributed by atoms with van der Waals surface area (Å²) in [5, 5.41) is 8.71. The molecule has 1 saturated heterocycles. The first-order valence-electron chi connectivity index (χ1n) is 9.61. The van der Waals surface area contributed by atoms with Crippen LogP contribution in [-0.4, -0.2) is 48.9 Å². The molecular weight excluding hydrogens is 427 g/mol. The van der Waals surface area contributed by atoms with Gasteiger partial charge in [0.1, 0.15) is 0 Å². The molecular formula is C21H22Cl2N4O3. The highest BCUT2D eigenvalue weighted by molar-refractivity contribution is 6.42. The van der Waals surface area contributed by atoms with Gasteiger partial charge in [-0.05, 0) is 55.3 Å². The summed E-state index contributed by atoms with van der Waals surface area (Å²) in [5.74, 6) is -0.296. The van der Waals surface area contributed by atoms with Gasteiger partial charge < -0.3 is 20.9 Å². The van der Waals surface area contributed by atoms with E-state index >= 15 is 0 Å². The van der Waals surface area contributed by atoms with Crippen molar-refractivity contribution in [3.05, 3.63) is 63.6 Å². The molecule has 30 heavy (non-hydrogen) atoms. The molecule has 2 aromatic rings. The lowest BCUT2D eigenvalue weighted by Crippen LogP contribution is -2.36. The van der Waals surface area contributed by atoms with E-state index in [-0.39, 0.29) is 24.9 Å². The summed E-state index contributed by atoms with van der Waals surface area (Å²) in [7, 11) is 0. The van der Waals surface area contributed by atoms with Crippen molar-refractivity contribution in [1.29, 1.82) is 0 Å². The van der Waals surface area contributed by atoms with Crippen LogP contribution in [0.4, 0.5) is 10.5 Å². The zero-order valence-corrected chi connectivity index (χ0v) is 17.7. The molecule has 1 aliphatic heterocycles. The Morgan fingerprint density at radius 2 is 1.47 bits per heavy atom. The minimum Gasteiger partial charge on any atom is -0.350 e. The second-order valence-corrected chi connectivity index (χ2v) is 7.66. The molecule has 158 valence electrons. The van der Waals surface area contributed by atoms with E-state index in [2.05, 4.69) is 16.0 Å². The van der Waals surface area contributed by atoms with Crippen LogP contribution in [0.2, 0.25) is 10.0 Å². The number of hydrogen-bond acceptors (Lipinski definition) is 3. The van der Waals surface area contributed by atoms with E-state index < -0.39 is 6.03 Å². The van der Waals surface area contributed by atoms with Crippen molar-refractivity contribution in [1.82, 2.24) is 15.5 Å². The molecule has 1 fully saturated rings. The van der Waals surface area contributed by atoms with Gasteiger partial charge in [-0.25, -0.2) is 4.79 Å². The third-order valence-corrected chi connectivity index (χ3v) is 5.40. The molecule has 0 aliphatic carbocycles. The summed E-state index contributed by atoms with van der Waals surface area (Å²) < 4.78 is 0. The van der Waals surface area contributed by atoms with Crippen LogP contribution in [0.1, 0.15) is 33.6 Å². The summed E-state index contributed by atoms with van der Waals surface area (Å²) in [6.07, 6.45) is 2.08. The van der Waals surface area contributed by atoms with Crippen LogP contribution in [0, 0.1) is 0 Å². The number of carbonyl (C=O) groups is 3. The van der Waals surface area contributed by atoms with E-state index in [1.54, 1.807) is 36.4 Å². The number of rotatable bonds is 6. The highest BCUT2D eigenvalue weighted by atomic mass is 35.5. The van der Waals surface area contributed by atoms with E-state index in [9.17, 15) is 14.4 Å². The molecule has 0 bridgehead atoms. The third-order valence-electron chi connectivity index (χ3n) is 4.66. The van der Waals surface area contributed by atoms with Gasteiger partial charge in [0.05, 0.1) is 10.0 Å². The maximum atomic E-state index is 12.3.